The zero-order valence-corrected chi connectivity index (χ0v) is 13.8. The molecular formula is C14H24BrN3O. The van der Waals surface area contributed by atoms with Crippen molar-refractivity contribution >= 4 is 15.9 Å². The zero-order chi connectivity index (χ0) is 14.4. The van der Waals surface area contributed by atoms with Gasteiger partial charge in [-0.25, -0.2) is 0 Å². The van der Waals surface area contributed by atoms with Crippen LogP contribution < -0.4 is 10.5 Å². The van der Waals surface area contributed by atoms with Crippen LogP contribution in [0.3, 0.4) is 0 Å². The molecule has 0 aliphatic carbocycles. The van der Waals surface area contributed by atoms with Gasteiger partial charge in [0.2, 0.25) is 0 Å². The van der Waals surface area contributed by atoms with E-state index in [2.05, 4.69) is 46.9 Å². The molecule has 0 fully saturated rings. The molecule has 0 aliphatic rings. The van der Waals surface area contributed by atoms with Crippen molar-refractivity contribution in [2.24, 2.45) is 5.73 Å². The van der Waals surface area contributed by atoms with Gasteiger partial charge in [-0.1, -0.05) is 15.9 Å². The molecule has 0 heterocycles. The maximum atomic E-state index is 5.96. The molecule has 0 radical (unpaired) electrons. The molecule has 0 saturated heterocycles. The number of nitrogens with zero attached hydrogens (tertiary/aromatic N) is 2. The Labute approximate surface area is 124 Å². The van der Waals surface area contributed by atoms with Gasteiger partial charge in [0, 0.05) is 30.1 Å². The second-order valence-electron chi connectivity index (χ2n) is 4.92. The molecule has 0 amide bonds. The summed E-state index contributed by atoms with van der Waals surface area (Å²) in [6, 6.07) is 6.19. The summed E-state index contributed by atoms with van der Waals surface area (Å²) in [7, 11) is 7.94. The summed E-state index contributed by atoms with van der Waals surface area (Å²) >= 11 is 3.60. The Morgan fingerprint density at radius 3 is 2.47 bits per heavy atom. The molecule has 1 aromatic carbocycles. The van der Waals surface area contributed by atoms with Crippen LogP contribution in [0, 0.1) is 0 Å². The maximum absolute atomic E-state index is 5.96. The minimum Gasteiger partial charge on any atom is -0.497 e. The van der Waals surface area contributed by atoms with Crippen molar-refractivity contribution in [2.45, 2.75) is 6.04 Å². The Balaban J connectivity index is 2.89. The summed E-state index contributed by atoms with van der Waals surface area (Å²) in [5, 5.41) is 0. The Hall–Kier alpha value is -0.620. The number of halogens is 1. The molecule has 4 nitrogen and oxygen atoms in total. The van der Waals surface area contributed by atoms with E-state index in [1.54, 1.807) is 7.11 Å². The maximum Gasteiger partial charge on any atom is 0.119 e. The monoisotopic (exact) mass is 329 g/mol. The molecule has 1 rings (SSSR count). The molecule has 0 aromatic heterocycles. The van der Waals surface area contributed by atoms with Gasteiger partial charge in [-0.05, 0) is 44.9 Å². The zero-order valence-electron chi connectivity index (χ0n) is 12.2. The van der Waals surface area contributed by atoms with Crippen LogP contribution in [0.4, 0.5) is 0 Å². The third-order valence-corrected chi connectivity index (χ3v) is 3.94. The lowest BCUT2D eigenvalue weighted by atomic mass is 10.1. The van der Waals surface area contributed by atoms with E-state index in [1.807, 2.05) is 18.2 Å². The highest BCUT2D eigenvalue weighted by Crippen LogP contribution is 2.30. The highest BCUT2D eigenvalue weighted by Gasteiger charge is 2.18. The largest absolute Gasteiger partial charge is 0.497 e. The standard InChI is InChI=1S/C14H24BrN3O/c1-17(2)7-8-18(3)14(10-16)12-9-11(19-4)5-6-13(12)15/h5-6,9,14H,7-8,10,16H2,1-4H3. The SMILES string of the molecule is COc1ccc(Br)c(C(CN)N(C)CCN(C)C)c1. The number of rotatable bonds is 7. The third-order valence-electron chi connectivity index (χ3n) is 3.22. The van der Waals surface area contributed by atoms with E-state index in [0.717, 1.165) is 23.3 Å². The summed E-state index contributed by atoms with van der Waals surface area (Å²) in [6.45, 7) is 2.56. The highest BCUT2D eigenvalue weighted by atomic mass is 79.9. The van der Waals surface area contributed by atoms with Crippen molar-refractivity contribution in [3.63, 3.8) is 0 Å². The molecule has 108 valence electrons. The number of methoxy groups -OCH3 is 1. The Bertz CT molecular complexity index is 398. The summed E-state index contributed by atoms with van der Waals surface area (Å²) < 4.78 is 6.36. The quantitative estimate of drug-likeness (QED) is 0.830. The first-order valence-electron chi connectivity index (χ1n) is 6.38. The fourth-order valence-corrected chi connectivity index (χ4v) is 2.47. The van der Waals surface area contributed by atoms with Gasteiger partial charge >= 0.3 is 0 Å². The van der Waals surface area contributed by atoms with Crippen LogP contribution in [0.25, 0.3) is 0 Å². The molecule has 5 heteroatoms. The summed E-state index contributed by atoms with van der Waals surface area (Å²) in [5.74, 6) is 0.859. The molecule has 19 heavy (non-hydrogen) atoms. The molecule has 0 bridgehead atoms. The second-order valence-corrected chi connectivity index (χ2v) is 5.78. The number of benzene rings is 1. The van der Waals surface area contributed by atoms with Crippen molar-refractivity contribution in [1.82, 2.24) is 9.80 Å². The average molecular weight is 330 g/mol. The first kappa shape index (κ1) is 16.4. The smallest absolute Gasteiger partial charge is 0.119 e. The van der Waals surface area contributed by atoms with E-state index in [0.29, 0.717) is 6.54 Å². The van der Waals surface area contributed by atoms with Gasteiger partial charge in [0.05, 0.1) is 7.11 Å². The van der Waals surface area contributed by atoms with Crippen LogP contribution in [-0.4, -0.2) is 57.7 Å². The van der Waals surface area contributed by atoms with Crippen LogP contribution in [0.1, 0.15) is 11.6 Å². The van der Waals surface area contributed by atoms with Crippen molar-refractivity contribution in [3.05, 3.63) is 28.2 Å². The van der Waals surface area contributed by atoms with Gasteiger partial charge in [-0.2, -0.15) is 0 Å². The fourth-order valence-electron chi connectivity index (χ4n) is 1.96. The lowest BCUT2D eigenvalue weighted by Gasteiger charge is -2.29. The third kappa shape index (κ3) is 4.76. The van der Waals surface area contributed by atoms with Crippen LogP contribution in [0.2, 0.25) is 0 Å². The minimum atomic E-state index is 0.185. The molecule has 1 atom stereocenters. The second kappa shape index (κ2) is 7.85. The van der Waals surface area contributed by atoms with Crippen LogP contribution in [0.15, 0.2) is 22.7 Å². The van der Waals surface area contributed by atoms with E-state index in [4.69, 9.17) is 10.5 Å². The van der Waals surface area contributed by atoms with Gasteiger partial charge in [-0.15, -0.1) is 0 Å². The molecule has 1 aromatic rings. The van der Waals surface area contributed by atoms with Crippen molar-refractivity contribution < 1.29 is 4.74 Å². The lowest BCUT2D eigenvalue weighted by molar-refractivity contribution is 0.222. The van der Waals surface area contributed by atoms with Crippen molar-refractivity contribution in [1.29, 1.82) is 0 Å². The van der Waals surface area contributed by atoms with Gasteiger partial charge in [-0.3, -0.25) is 4.90 Å². The van der Waals surface area contributed by atoms with E-state index in [1.165, 1.54) is 5.56 Å². The number of hydrogen-bond acceptors (Lipinski definition) is 4. The Morgan fingerprint density at radius 2 is 1.95 bits per heavy atom. The van der Waals surface area contributed by atoms with E-state index < -0.39 is 0 Å². The summed E-state index contributed by atoms with van der Waals surface area (Å²) in [4.78, 5) is 4.45. The van der Waals surface area contributed by atoms with E-state index >= 15 is 0 Å². The summed E-state index contributed by atoms with van der Waals surface area (Å²) in [5.41, 5.74) is 7.13. The molecule has 0 spiro atoms. The normalized spacial score (nSPS) is 13.1. The minimum absolute atomic E-state index is 0.185. The predicted octanol–water partition coefficient (Wildman–Crippen LogP) is 1.95. The first-order valence-corrected chi connectivity index (χ1v) is 7.17. The van der Waals surface area contributed by atoms with E-state index in [-0.39, 0.29) is 6.04 Å². The van der Waals surface area contributed by atoms with Crippen LogP contribution >= 0.6 is 15.9 Å². The Morgan fingerprint density at radius 1 is 1.26 bits per heavy atom. The fraction of sp³-hybridized carbons (Fsp3) is 0.571. The molecule has 0 aliphatic heterocycles. The average Bonchev–Trinajstić information content (AvgIpc) is 2.39. The van der Waals surface area contributed by atoms with Crippen molar-refractivity contribution in [2.75, 3.05) is 47.9 Å². The van der Waals surface area contributed by atoms with Crippen LogP contribution in [0.5, 0.6) is 5.75 Å². The number of hydrogen-bond donors (Lipinski definition) is 1. The van der Waals surface area contributed by atoms with Crippen LogP contribution in [-0.2, 0) is 0 Å². The highest BCUT2D eigenvalue weighted by molar-refractivity contribution is 9.10. The van der Waals surface area contributed by atoms with Gasteiger partial charge < -0.3 is 15.4 Å². The van der Waals surface area contributed by atoms with E-state index in [9.17, 15) is 0 Å². The van der Waals surface area contributed by atoms with Crippen molar-refractivity contribution in [3.8, 4) is 5.75 Å². The number of nitrogens with two attached hydrogens (primary N) is 1. The lowest BCUT2D eigenvalue weighted by Crippen LogP contribution is -2.35. The number of ether oxygens (including phenoxy) is 1. The first-order chi connectivity index (χ1) is 8.99. The predicted molar refractivity (Wildman–Crippen MR) is 83.7 cm³/mol. The molecular weight excluding hydrogens is 306 g/mol. The van der Waals surface area contributed by atoms with Gasteiger partial charge in [0.1, 0.15) is 5.75 Å². The Kier molecular flexibility index (Phi) is 6.79. The topological polar surface area (TPSA) is 41.7 Å². The number of likely N-dealkylation sites (N-methyl/N-ethyl adjacent to an activating group) is 2. The summed E-state index contributed by atoms with van der Waals surface area (Å²) in [6.07, 6.45) is 0. The molecule has 1 unspecified atom stereocenters. The molecule has 0 saturated carbocycles. The van der Waals surface area contributed by atoms with Gasteiger partial charge in [0.25, 0.3) is 0 Å². The van der Waals surface area contributed by atoms with Gasteiger partial charge in [0.15, 0.2) is 0 Å². The molecule has 2 N–H and O–H groups in total.